The first-order valence-electron chi connectivity index (χ1n) is 4.17. The van der Waals surface area contributed by atoms with Gasteiger partial charge in [0.25, 0.3) is 0 Å². The zero-order valence-corrected chi connectivity index (χ0v) is 7.81. The second kappa shape index (κ2) is 5.14. The van der Waals surface area contributed by atoms with Crippen molar-refractivity contribution in [3.8, 4) is 0 Å². The summed E-state index contributed by atoms with van der Waals surface area (Å²) >= 11 is 0. The Bertz CT molecular complexity index is 300. The van der Waals surface area contributed by atoms with Gasteiger partial charge < -0.3 is 0 Å². The summed E-state index contributed by atoms with van der Waals surface area (Å²) in [5.41, 5.74) is 3.33. The van der Waals surface area contributed by atoms with Crippen molar-refractivity contribution in [2.45, 2.75) is 6.04 Å². The summed E-state index contributed by atoms with van der Waals surface area (Å²) in [6, 6.07) is 8.29. The molecule has 1 rings (SSSR count). The topological polar surface area (TPSA) is 49.4 Å². The van der Waals surface area contributed by atoms with Crippen LogP contribution in [0.3, 0.4) is 0 Å². The molecule has 0 bridgehead atoms. The molecule has 0 aliphatic carbocycles. The van der Waals surface area contributed by atoms with E-state index in [0.717, 1.165) is 10.6 Å². The van der Waals surface area contributed by atoms with Crippen LogP contribution in [0.4, 0.5) is 0 Å². The normalized spacial score (nSPS) is 11.8. The monoisotopic (exact) mass is 191 g/mol. The molecule has 1 N–H and O–H groups in total. The van der Waals surface area contributed by atoms with Gasteiger partial charge in [0.15, 0.2) is 0 Å². The van der Waals surface area contributed by atoms with Crippen molar-refractivity contribution in [2.75, 3.05) is 7.05 Å². The molecule has 14 heavy (non-hydrogen) atoms. The van der Waals surface area contributed by atoms with E-state index < -0.39 is 6.04 Å². The molecule has 1 atom stereocenters. The SMILES string of the molecule is CNN(C=O)[C@@H]([C]=O)c1ccccc1. The number of carbonyl (C=O) groups excluding carboxylic acids is 2. The van der Waals surface area contributed by atoms with E-state index in [2.05, 4.69) is 5.43 Å². The first-order valence-corrected chi connectivity index (χ1v) is 4.17. The van der Waals surface area contributed by atoms with Gasteiger partial charge in [0, 0.05) is 7.05 Å². The Kier molecular flexibility index (Phi) is 3.82. The highest BCUT2D eigenvalue weighted by atomic mass is 16.2. The second-order valence-electron chi connectivity index (χ2n) is 2.67. The molecule has 0 fully saturated rings. The van der Waals surface area contributed by atoms with Crippen LogP contribution < -0.4 is 5.43 Å². The standard InChI is InChI=1S/C10H11N2O2/c1-11-12(8-14)10(7-13)9-5-3-2-4-6-9/h2-6,8,10-11H,1H3/t10-/m0/s1. The fourth-order valence-corrected chi connectivity index (χ4v) is 1.16. The molecule has 4 heteroatoms. The van der Waals surface area contributed by atoms with Crippen LogP contribution >= 0.6 is 0 Å². The van der Waals surface area contributed by atoms with Crippen LogP contribution in [0.5, 0.6) is 0 Å². The maximum atomic E-state index is 10.7. The van der Waals surface area contributed by atoms with Crippen molar-refractivity contribution >= 4 is 12.7 Å². The third-order valence-electron chi connectivity index (χ3n) is 1.88. The third-order valence-corrected chi connectivity index (χ3v) is 1.88. The molecule has 0 aliphatic heterocycles. The summed E-state index contributed by atoms with van der Waals surface area (Å²) in [5, 5.41) is 1.16. The number of benzene rings is 1. The second-order valence-corrected chi connectivity index (χ2v) is 2.67. The van der Waals surface area contributed by atoms with Gasteiger partial charge >= 0.3 is 0 Å². The Morgan fingerprint density at radius 2 is 2.07 bits per heavy atom. The zero-order valence-electron chi connectivity index (χ0n) is 7.81. The number of hydrogen-bond donors (Lipinski definition) is 1. The van der Waals surface area contributed by atoms with Gasteiger partial charge in [-0.3, -0.25) is 14.6 Å². The summed E-state index contributed by atoms with van der Waals surface area (Å²) in [5.74, 6) is 0. The minimum absolute atomic E-state index is 0.558. The lowest BCUT2D eigenvalue weighted by molar-refractivity contribution is -0.121. The summed E-state index contributed by atoms with van der Waals surface area (Å²) in [7, 11) is 1.57. The number of hydrazine groups is 1. The van der Waals surface area contributed by atoms with Crippen molar-refractivity contribution in [3.63, 3.8) is 0 Å². The van der Waals surface area contributed by atoms with Gasteiger partial charge in [-0.05, 0) is 5.56 Å². The first-order chi connectivity index (χ1) is 6.83. The van der Waals surface area contributed by atoms with E-state index in [1.54, 1.807) is 37.6 Å². The highest BCUT2D eigenvalue weighted by Gasteiger charge is 2.17. The van der Waals surface area contributed by atoms with Crippen LogP contribution in [0.2, 0.25) is 0 Å². The van der Waals surface area contributed by atoms with Gasteiger partial charge in [0.05, 0.1) is 0 Å². The predicted octanol–water partition coefficient (Wildman–Crippen LogP) is 0.430. The number of hydrogen-bond acceptors (Lipinski definition) is 3. The highest BCUT2D eigenvalue weighted by Crippen LogP contribution is 2.14. The molecule has 1 amide bonds. The molecule has 0 aliphatic rings. The number of carbonyl (C=O) groups is 1. The molecule has 1 aromatic carbocycles. The maximum absolute atomic E-state index is 10.7. The Labute approximate surface area is 82.5 Å². The molecule has 0 unspecified atom stereocenters. The van der Waals surface area contributed by atoms with E-state index in [0.29, 0.717) is 6.41 Å². The van der Waals surface area contributed by atoms with E-state index in [9.17, 15) is 9.59 Å². The fourth-order valence-electron chi connectivity index (χ4n) is 1.16. The average molecular weight is 191 g/mol. The molecule has 0 spiro atoms. The minimum Gasteiger partial charge on any atom is -0.288 e. The van der Waals surface area contributed by atoms with Gasteiger partial charge in [-0.2, -0.15) is 0 Å². The number of nitrogens with one attached hydrogen (secondary N) is 1. The van der Waals surface area contributed by atoms with Gasteiger partial charge in [0.2, 0.25) is 12.7 Å². The van der Waals surface area contributed by atoms with E-state index in [4.69, 9.17) is 0 Å². The van der Waals surface area contributed by atoms with Crippen molar-refractivity contribution in [3.05, 3.63) is 35.9 Å². The van der Waals surface area contributed by atoms with Crippen LogP contribution in [0.25, 0.3) is 0 Å². The Balaban J connectivity index is 2.91. The largest absolute Gasteiger partial charge is 0.288 e. The third kappa shape index (κ3) is 2.17. The molecule has 0 heterocycles. The summed E-state index contributed by atoms with van der Waals surface area (Å²) in [6.45, 7) is 0. The van der Waals surface area contributed by atoms with E-state index >= 15 is 0 Å². The molecule has 0 saturated carbocycles. The molecule has 0 saturated heterocycles. The molecular weight excluding hydrogens is 180 g/mol. The summed E-state index contributed by atoms with van der Waals surface area (Å²) in [6.07, 6.45) is 2.36. The lowest BCUT2D eigenvalue weighted by Gasteiger charge is -2.21. The zero-order chi connectivity index (χ0) is 10.4. The van der Waals surface area contributed by atoms with Crippen LogP contribution in [-0.4, -0.2) is 24.8 Å². The Morgan fingerprint density at radius 3 is 2.50 bits per heavy atom. The number of rotatable bonds is 5. The van der Waals surface area contributed by atoms with Crippen molar-refractivity contribution < 1.29 is 9.59 Å². The highest BCUT2D eigenvalue weighted by molar-refractivity contribution is 5.66. The van der Waals surface area contributed by atoms with E-state index in [1.165, 1.54) is 0 Å². The number of amides is 1. The molecular formula is C10H11N2O2. The predicted molar refractivity (Wildman–Crippen MR) is 51.8 cm³/mol. The minimum atomic E-state index is -0.696. The van der Waals surface area contributed by atoms with Crippen molar-refractivity contribution in [2.24, 2.45) is 0 Å². The van der Waals surface area contributed by atoms with Crippen molar-refractivity contribution in [1.82, 2.24) is 10.4 Å². The quantitative estimate of drug-likeness (QED) is 0.542. The Morgan fingerprint density at radius 1 is 1.43 bits per heavy atom. The van der Waals surface area contributed by atoms with Gasteiger partial charge in [-0.25, -0.2) is 5.43 Å². The van der Waals surface area contributed by atoms with Crippen LogP contribution in [0, 0.1) is 0 Å². The summed E-state index contributed by atoms with van der Waals surface area (Å²) in [4.78, 5) is 21.3. The first kappa shape index (κ1) is 10.4. The van der Waals surface area contributed by atoms with Gasteiger partial charge in [0.1, 0.15) is 6.04 Å². The van der Waals surface area contributed by atoms with E-state index in [1.807, 2.05) is 6.07 Å². The smallest absolute Gasteiger partial charge is 0.229 e. The van der Waals surface area contributed by atoms with Gasteiger partial charge in [-0.1, -0.05) is 30.3 Å². The molecule has 1 aromatic rings. The number of nitrogens with zero attached hydrogens (tertiary/aromatic N) is 1. The van der Waals surface area contributed by atoms with Crippen LogP contribution in [0.15, 0.2) is 30.3 Å². The van der Waals surface area contributed by atoms with E-state index in [-0.39, 0.29) is 0 Å². The lowest BCUT2D eigenvalue weighted by atomic mass is 10.1. The lowest BCUT2D eigenvalue weighted by Crippen LogP contribution is -2.38. The van der Waals surface area contributed by atoms with Crippen LogP contribution in [-0.2, 0) is 9.59 Å². The van der Waals surface area contributed by atoms with Gasteiger partial charge in [-0.15, -0.1) is 0 Å². The van der Waals surface area contributed by atoms with Crippen molar-refractivity contribution in [1.29, 1.82) is 0 Å². The summed E-state index contributed by atoms with van der Waals surface area (Å²) < 4.78 is 0. The van der Waals surface area contributed by atoms with Crippen LogP contribution in [0.1, 0.15) is 11.6 Å². The molecule has 73 valence electrons. The average Bonchev–Trinajstić information content (AvgIpc) is 2.27. The Hall–Kier alpha value is -1.68. The fraction of sp³-hybridized carbons (Fsp3) is 0.200. The molecule has 0 aromatic heterocycles. The maximum Gasteiger partial charge on any atom is 0.229 e. The molecule has 4 nitrogen and oxygen atoms in total. The molecule has 1 radical (unpaired) electrons.